The Kier molecular flexibility index (Phi) is 4.28. The van der Waals surface area contributed by atoms with Crippen LogP contribution in [0, 0.1) is 0 Å². The molecule has 1 aromatic carbocycles. The third-order valence-electron chi connectivity index (χ3n) is 4.98. The Hall–Kier alpha value is -3.34. The first kappa shape index (κ1) is 18.7. The summed E-state index contributed by atoms with van der Waals surface area (Å²) in [5, 5.41) is 5.05. The van der Waals surface area contributed by atoms with E-state index in [0.29, 0.717) is 41.2 Å². The number of aromatic nitrogens is 3. The van der Waals surface area contributed by atoms with Crippen LogP contribution in [0.5, 0.6) is 5.75 Å². The van der Waals surface area contributed by atoms with Crippen molar-refractivity contribution in [3.63, 3.8) is 0 Å². The summed E-state index contributed by atoms with van der Waals surface area (Å²) < 4.78 is 48.9. The first-order valence-corrected chi connectivity index (χ1v) is 10.2. The molecule has 2 aliphatic rings. The lowest BCUT2D eigenvalue weighted by atomic mass is 10.0. The lowest BCUT2D eigenvalue weighted by Crippen LogP contribution is -2.30. The van der Waals surface area contributed by atoms with Gasteiger partial charge < -0.3 is 9.64 Å². The van der Waals surface area contributed by atoms with Crippen LogP contribution in [0.2, 0.25) is 0 Å². The van der Waals surface area contributed by atoms with Crippen molar-refractivity contribution in [1.82, 2.24) is 19.5 Å². The largest absolute Gasteiger partial charge is 0.488 e. The number of nitrogens with one attached hydrogen (secondary N) is 1. The highest BCUT2D eigenvalue weighted by Crippen LogP contribution is 2.39. The quantitative estimate of drug-likeness (QED) is 0.685. The molecule has 0 spiro atoms. The molecule has 154 valence electrons. The van der Waals surface area contributed by atoms with Crippen molar-refractivity contribution in [3.05, 3.63) is 42.2 Å². The van der Waals surface area contributed by atoms with Crippen molar-refractivity contribution >= 4 is 38.6 Å². The monoisotopic (exact) mass is 431 g/mol. The van der Waals surface area contributed by atoms with Crippen molar-refractivity contribution in [1.29, 1.82) is 0 Å². The molecule has 8 nitrogen and oxygen atoms in total. The number of rotatable bonds is 3. The summed E-state index contributed by atoms with van der Waals surface area (Å²) in [6.07, 6.45) is -0.0213. The van der Waals surface area contributed by atoms with Crippen LogP contribution in [0.3, 0.4) is 0 Å². The van der Waals surface area contributed by atoms with Gasteiger partial charge in [0.25, 0.3) is 12.3 Å². The lowest BCUT2D eigenvalue weighted by Gasteiger charge is -2.27. The van der Waals surface area contributed by atoms with Gasteiger partial charge >= 0.3 is 0 Å². The van der Waals surface area contributed by atoms with Gasteiger partial charge in [-0.1, -0.05) is 6.07 Å². The Morgan fingerprint density at radius 1 is 1.30 bits per heavy atom. The number of carbonyl (C=O) groups is 1. The van der Waals surface area contributed by atoms with E-state index in [1.54, 1.807) is 36.2 Å². The number of halogens is 2. The maximum Gasteiger partial charge on any atom is 0.281 e. The standard InChI is InChI=1S/C19H15F2N5O3S/c1-25-4-5-29-14-7-12(17(18(20)21)23-19(14)25)10-2-3-13-11(6-10)9-22-26(13)16-8-15(27)24-30(16)28/h2-3,6-9,18H,4-5H2,1H3,(H,24,27). The molecule has 11 heteroatoms. The second kappa shape index (κ2) is 6.87. The Balaban J connectivity index is 1.63. The predicted octanol–water partition coefficient (Wildman–Crippen LogP) is 2.46. The van der Waals surface area contributed by atoms with Crippen LogP contribution in [-0.4, -0.2) is 45.1 Å². The molecule has 4 heterocycles. The van der Waals surface area contributed by atoms with E-state index >= 15 is 0 Å². The van der Waals surface area contributed by atoms with E-state index < -0.39 is 23.3 Å². The van der Waals surface area contributed by atoms with Gasteiger partial charge in [0.1, 0.15) is 12.3 Å². The van der Waals surface area contributed by atoms with E-state index in [2.05, 4.69) is 14.8 Å². The Morgan fingerprint density at radius 3 is 2.87 bits per heavy atom. The van der Waals surface area contributed by atoms with Gasteiger partial charge in [-0.15, -0.1) is 0 Å². The summed E-state index contributed by atoms with van der Waals surface area (Å²) in [4.78, 5) is 17.4. The van der Waals surface area contributed by atoms with E-state index in [0.717, 1.165) is 0 Å². The highest BCUT2D eigenvalue weighted by atomic mass is 32.2. The minimum absolute atomic E-state index is 0.211. The van der Waals surface area contributed by atoms with Crippen LogP contribution in [0.4, 0.5) is 14.6 Å². The third kappa shape index (κ3) is 2.93. The van der Waals surface area contributed by atoms with Gasteiger partial charge in [-0.25, -0.2) is 22.7 Å². The fraction of sp³-hybridized carbons (Fsp3) is 0.211. The number of pyridine rings is 1. The second-order valence-corrected chi connectivity index (χ2v) is 8.02. The van der Waals surface area contributed by atoms with Crippen LogP contribution >= 0.6 is 0 Å². The number of benzene rings is 1. The summed E-state index contributed by atoms with van der Waals surface area (Å²) in [5.41, 5.74) is 1.07. The van der Waals surface area contributed by atoms with E-state index in [1.807, 2.05) is 0 Å². The van der Waals surface area contributed by atoms with Gasteiger partial charge in [0, 0.05) is 24.1 Å². The van der Waals surface area contributed by atoms with Crippen molar-refractivity contribution < 1.29 is 22.5 Å². The van der Waals surface area contributed by atoms with Gasteiger partial charge in [0.2, 0.25) is 0 Å². The first-order chi connectivity index (χ1) is 14.4. The minimum Gasteiger partial charge on any atom is -0.488 e. The summed E-state index contributed by atoms with van der Waals surface area (Å²) in [7, 11) is 0.0820. The molecule has 0 bridgehead atoms. The number of fused-ring (bicyclic) bond motifs is 2. The molecule has 5 rings (SSSR count). The third-order valence-corrected chi connectivity index (χ3v) is 6.03. The van der Waals surface area contributed by atoms with Crippen LogP contribution in [0.25, 0.3) is 27.1 Å². The van der Waals surface area contributed by atoms with Crippen LogP contribution in [0.1, 0.15) is 12.1 Å². The zero-order chi connectivity index (χ0) is 21.0. The first-order valence-electron chi connectivity index (χ1n) is 9.02. The molecule has 0 radical (unpaired) electrons. The van der Waals surface area contributed by atoms with Gasteiger partial charge in [-0.2, -0.15) is 5.10 Å². The topological polar surface area (TPSA) is 89.4 Å². The van der Waals surface area contributed by atoms with E-state index in [-0.39, 0.29) is 16.3 Å². The van der Waals surface area contributed by atoms with Gasteiger partial charge in [0.15, 0.2) is 27.6 Å². The summed E-state index contributed by atoms with van der Waals surface area (Å²) in [6, 6.07) is 6.63. The predicted molar refractivity (Wildman–Crippen MR) is 107 cm³/mol. The maximum absolute atomic E-state index is 13.8. The number of alkyl halides is 2. The molecule has 1 atom stereocenters. The van der Waals surface area contributed by atoms with Crippen molar-refractivity contribution in [2.24, 2.45) is 0 Å². The molecule has 0 aliphatic carbocycles. The molecule has 0 saturated heterocycles. The summed E-state index contributed by atoms with van der Waals surface area (Å²) in [6.45, 7) is 1.02. The normalized spacial score (nSPS) is 18.4. The number of likely N-dealkylation sites (N-methyl/N-ethyl adjacent to an activating group) is 1. The van der Waals surface area contributed by atoms with Crippen LogP contribution < -0.4 is 14.4 Å². The van der Waals surface area contributed by atoms with E-state index in [4.69, 9.17) is 4.74 Å². The number of hydrogen-bond donors (Lipinski definition) is 1. The number of amides is 1. The highest BCUT2D eigenvalue weighted by Gasteiger charge is 2.26. The average Bonchev–Trinajstić information content (AvgIpc) is 3.28. The van der Waals surface area contributed by atoms with Gasteiger partial charge in [0.05, 0.1) is 18.3 Å². The minimum atomic E-state index is -2.76. The molecule has 0 fully saturated rings. The van der Waals surface area contributed by atoms with Crippen LogP contribution in [0.15, 0.2) is 36.5 Å². The summed E-state index contributed by atoms with van der Waals surface area (Å²) >= 11 is 0. The molecule has 30 heavy (non-hydrogen) atoms. The fourth-order valence-corrected chi connectivity index (χ4v) is 4.39. The molecule has 2 aliphatic heterocycles. The number of carbonyl (C=O) groups excluding carboxylic acids is 1. The Labute approximate surface area is 171 Å². The van der Waals surface area contributed by atoms with Crippen molar-refractivity contribution in [2.45, 2.75) is 6.43 Å². The van der Waals surface area contributed by atoms with Gasteiger partial charge in [-0.05, 0) is 23.8 Å². The molecule has 1 amide bonds. The number of ether oxygens (including phenoxy) is 1. The second-order valence-electron chi connectivity index (χ2n) is 6.86. The zero-order valence-corrected chi connectivity index (χ0v) is 16.4. The number of nitrogens with zero attached hydrogens (tertiary/aromatic N) is 4. The maximum atomic E-state index is 13.8. The van der Waals surface area contributed by atoms with Crippen LogP contribution in [-0.2, 0) is 15.8 Å². The molecule has 0 saturated carbocycles. The lowest BCUT2D eigenvalue weighted by molar-refractivity contribution is -0.114. The van der Waals surface area contributed by atoms with E-state index in [1.165, 1.54) is 17.0 Å². The van der Waals surface area contributed by atoms with E-state index in [9.17, 15) is 17.8 Å². The van der Waals surface area contributed by atoms with Gasteiger partial charge in [-0.3, -0.25) is 9.52 Å². The summed E-state index contributed by atoms with van der Waals surface area (Å²) in [5.74, 6) is 0.382. The molecule has 3 aromatic rings. The molecular weight excluding hydrogens is 416 g/mol. The smallest absolute Gasteiger partial charge is 0.281 e. The highest BCUT2D eigenvalue weighted by molar-refractivity contribution is 7.93. The van der Waals surface area contributed by atoms with Crippen molar-refractivity contribution in [2.75, 3.05) is 25.1 Å². The zero-order valence-electron chi connectivity index (χ0n) is 15.6. The Bertz CT molecular complexity index is 1260. The van der Waals surface area contributed by atoms with Crippen molar-refractivity contribution in [3.8, 4) is 16.9 Å². The molecule has 2 aromatic heterocycles. The number of anilines is 1. The SMILES string of the molecule is CN1CCOc2cc(-c3ccc4c(cnn4C4=CC(=O)NS4=O)c3)c(C(F)F)nc21. The molecule has 1 unspecified atom stereocenters. The average molecular weight is 431 g/mol. The fourth-order valence-electron chi connectivity index (χ4n) is 3.53. The Morgan fingerprint density at radius 2 is 2.13 bits per heavy atom. The molecule has 1 N–H and O–H groups in total. The number of hydrogen-bond acceptors (Lipinski definition) is 6. The molecular formula is C19H15F2N5O3S.